The zero-order valence-corrected chi connectivity index (χ0v) is 10.6. The lowest BCUT2D eigenvalue weighted by molar-refractivity contribution is -0.122. The number of nitrogens with zero attached hydrogens (tertiary/aromatic N) is 3. The van der Waals surface area contributed by atoms with Crippen molar-refractivity contribution >= 4 is 17.5 Å². The summed E-state index contributed by atoms with van der Waals surface area (Å²) < 4.78 is 1.48. The minimum atomic E-state index is -0.108. The maximum Gasteiger partial charge on any atom is 0.242 e. The van der Waals surface area contributed by atoms with E-state index in [0.717, 1.165) is 5.56 Å². The van der Waals surface area contributed by atoms with Crippen LogP contribution in [0.5, 0.6) is 0 Å². The Hall–Kier alpha value is -1.88. The Bertz CT molecular complexity index is 509. The average Bonchev–Trinajstić information content (AvgIpc) is 2.82. The molecule has 1 unspecified atom stereocenters. The Morgan fingerprint density at radius 1 is 1.44 bits per heavy atom. The Kier molecular flexibility index (Phi) is 3.94. The Morgan fingerprint density at radius 2 is 2.17 bits per heavy atom. The molecule has 1 heterocycles. The van der Waals surface area contributed by atoms with E-state index in [1.54, 1.807) is 12.1 Å². The van der Waals surface area contributed by atoms with Gasteiger partial charge in [-0.1, -0.05) is 23.7 Å². The summed E-state index contributed by atoms with van der Waals surface area (Å²) in [5.74, 6) is -0.108. The van der Waals surface area contributed by atoms with Gasteiger partial charge in [-0.3, -0.25) is 4.79 Å². The average molecular weight is 265 g/mol. The van der Waals surface area contributed by atoms with Gasteiger partial charge in [0.05, 0.1) is 6.04 Å². The van der Waals surface area contributed by atoms with Crippen LogP contribution in [0.3, 0.4) is 0 Å². The van der Waals surface area contributed by atoms with Crippen molar-refractivity contribution in [2.45, 2.75) is 19.5 Å². The maximum absolute atomic E-state index is 11.7. The first-order valence-corrected chi connectivity index (χ1v) is 5.90. The van der Waals surface area contributed by atoms with Gasteiger partial charge in [-0.2, -0.15) is 5.10 Å². The molecule has 0 saturated carbocycles. The minimum Gasteiger partial charge on any atom is -0.348 e. The zero-order valence-electron chi connectivity index (χ0n) is 9.88. The quantitative estimate of drug-likeness (QED) is 0.916. The summed E-state index contributed by atoms with van der Waals surface area (Å²) in [6, 6.07) is 7.32. The lowest BCUT2D eigenvalue weighted by Crippen LogP contribution is -2.30. The lowest BCUT2D eigenvalue weighted by Gasteiger charge is -2.14. The molecular weight excluding hydrogens is 252 g/mol. The first kappa shape index (κ1) is 12.6. The number of hydrogen-bond donors (Lipinski definition) is 1. The molecule has 94 valence electrons. The van der Waals surface area contributed by atoms with E-state index in [0.29, 0.717) is 5.02 Å². The summed E-state index contributed by atoms with van der Waals surface area (Å²) in [5, 5.41) is 7.44. The molecule has 0 bridgehead atoms. The summed E-state index contributed by atoms with van der Waals surface area (Å²) in [4.78, 5) is 15.5. The minimum absolute atomic E-state index is 0.0710. The number of rotatable bonds is 4. The predicted octanol–water partition coefficient (Wildman–Crippen LogP) is 1.81. The molecule has 1 aromatic carbocycles. The van der Waals surface area contributed by atoms with Gasteiger partial charge < -0.3 is 5.32 Å². The van der Waals surface area contributed by atoms with Crippen molar-refractivity contribution in [3.8, 4) is 0 Å². The SMILES string of the molecule is CC(NC(=O)Cn1cncn1)c1ccc(Cl)cc1. The fourth-order valence-electron chi connectivity index (χ4n) is 1.58. The highest BCUT2D eigenvalue weighted by Gasteiger charge is 2.10. The molecule has 0 aliphatic carbocycles. The maximum atomic E-state index is 11.7. The molecule has 0 saturated heterocycles. The van der Waals surface area contributed by atoms with Gasteiger partial charge in [0.1, 0.15) is 19.2 Å². The van der Waals surface area contributed by atoms with Crippen LogP contribution < -0.4 is 5.32 Å². The Labute approximate surface area is 110 Å². The monoisotopic (exact) mass is 264 g/mol. The van der Waals surface area contributed by atoms with E-state index < -0.39 is 0 Å². The number of aromatic nitrogens is 3. The molecule has 1 N–H and O–H groups in total. The van der Waals surface area contributed by atoms with Gasteiger partial charge in [0.25, 0.3) is 0 Å². The first-order valence-electron chi connectivity index (χ1n) is 5.52. The third kappa shape index (κ3) is 3.30. The second kappa shape index (κ2) is 5.64. The molecule has 1 aromatic heterocycles. The molecule has 5 nitrogen and oxygen atoms in total. The van der Waals surface area contributed by atoms with Crippen molar-refractivity contribution in [3.63, 3.8) is 0 Å². The van der Waals surface area contributed by atoms with E-state index >= 15 is 0 Å². The second-order valence-electron chi connectivity index (χ2n) is 3.93. The van der Waals surface area contributed by atoms with E-state index in [1.165, 1.54) is 17.3 Å². The van der Waals surface area contributed by atoms with E-state index in [-0.39, 0.29) is 18.5 Å². The van der Waals surface area contributed by atoms with Crippen LogP contribution in [0.25, 0.3) is 0 Å². The zero-order chi connectivity index (χ0) is 13.0. The largest absolute Gasteiger partial charge is 0.348 e. The second-order valence-corrected chi connectivity index (χ2v) is 4.37. The van der Waals surface area contributed by atoms with Gasteiger partial charge in [0, 0.05) is 5.02 Å². The predicted molar refractivity (Wildman–Crippen MR) is 68.0 cm³/mol. The molecule has 1 atom stereocenters. The summed E-state index contributed by atoms with van der Waals surface area (Å²) in [5.41, 5.74) is 1.01. The fourth-order valence-corrected chi connectivity index (χ4v) is 1.71. The summed E-state index contributed by atoms with van der Waals surface area (Å²) in [6.07, 6.45) is 2.91. The first-order chi connectivity index (χ1) is 8.65. The normalized spacial score (nSPS) is 12.1. The van der Waals surface area contributed by atoms with Crippen molar-refractivity contribution in [1.29, 1.82) is 0 Å². The molecular formula is C12H13ClN4O. The Morgan fingerprint density at radius 3 is 2.78 bits per heavy atom. The van der Waals surface area contributed by atoms with Crippen LogP contribution in [0.4, 0.5) is 0 Å². The van der Waals surface area contributed by atoms with Gasteiger partial charge in [0.15, 0.2) is 0 Å². The summed E-state index contributed by atoms with van der Waals surface area (Å²) in [7, 11) is 0. The molecule has 6 heteroatoms. The molecule has 18 heavy (non-hydrogen) atoms. The topological polar surface area (TPSA) is 59.8 Å². The molecule has 1 amide bonds. The van der Waals surface area contributed by atoms with Crippen molar-refractivity contribution in [3.05, 3.63) is 47.5 Å². The van der Waals surface area contributed by atoms with E-state index in [2.05, 4.69) is 15.4 Å². The van der Waals surface area contributed by atoms with E-state index in [1.807, 2.05) is 19.1 Å². The fraction of sp³-hybridized carbons (Fsp3) is 0.250. The van der Waals surface area contributed by atoms with Crippen molar-refractivity contribution < 1.29 is 4.79 Å². The number of carbonyl (C=O) groups excluding carboxylic acids is 1. The standard InChI is InChI=1S/C12H13ClN4O/c1-9(10-2-4-11(13)5-3-10)16-12(18)6-17-8-14-7-15-17/h2-5,7-9H,6H2,1H3,(H,16,18). The highest BCUT2D eigenvalue weighted by Crippen LogP contribution is 2.15. The van der Waals surface area contributed by atoms with Gasteiger partial charge in [-0.25, -0.2) is 9.67 Å². The Balaban J connectivity index is 1.92. The molecule has 0 aliphatic rings. The molecule has 0 fully saturated rings. The number of carbonyl (C=O) groups is 1. The highest BCUT2D eigenvalue weighted by atomic mass is 35.5. The van der Waals surface area contributed by atoms with E-state index in [9.17, 15) is 4.79 Å². The van der Waals surface area contributed by atoms with Crippen LogP contribution in [0, 0.1) is 0 Å². The van der Waals surface area contributed by atoms with Crippen LogP contribution in [0.2, 0.25) is 5.02 Å². The molecule has 2 aromatic rings. The van der Waals surface area contributed by atoms with E-state index in [4.69, 9.17) is 11.6 Å². The van der Waals surface area contributed by atoms with Crippen molar-refractivity contribution in [2.24, 2.45) is 0 Å². The van der Waals surface area contributed by atoms with Gasteiger partial charge in [-0.05, 0) is 24.6 Å². The summed E-state index contributed by atoms with van der Waals surface area (Å²) >= 11 is 5.81. The lowest BCUT2D eigenvalue weighted by atomic mass is 10.1. The van der Waals surface area contributed by atoms with Crippen LogP contribution in [0.15, 0.2) is 36.9 Å². The number of nitrogens with one attached hydrogen (secondary N) is 1. The number of benzene rings is 1. The van der Waals surface area contributed by atoms with Gasteiger partial charge in [0.2, 0.25) is 5.91 Å². The van der Waals surface area contributed by atoms with Crippen LogP contribution >= 0.6 is 11.6 Å². The number of halogens is 1. The van der Waals surface area contributed by atoms with Crippen LogP contribution in [-0.2, 0) is 11.3 Å². The molecule has 0 radical (unpaired) electrons. The highest BCUT2D eigenvalue weighted by molar-refractivity contribution is 6.30. The number of amides is 1. The van der Waals surface area contributed by atoms with Crippen LogP contribution in [0.1, 0.15) is 18.5 Å². The molecule has 0 aliphatic heterocycles. The molecule has 0 spiro atoms. The van der Waals surface area contributed by atoms with Gasteiger partial charge >= 0.3 is 0 Å². The molecule has 2 rings (SSSR count). The number of hydrogen-bond acceptors (Lipinski definition) is 3. The third-order valence-electron chi connectivity index (χ3n) is 2.52. The van der Waals surface area contributed by atoms with Crippen molar-refractivity contribution in [1.82, 2.24) is 20.1 Å². The van der Waals surface area contributed by atoms with Gasteiger partial charge in [-0.15, -0.1) is 0 Å². The third-order valence-corrected chi connectivity index (χ3v) is 2.77. The summed E-state index contributed by atoms with van der Waals surface area (Å²) in [6.45, 7) is 2.08. The van der Waals surface area contributed by atoms with Crippen molar-refractivity contribution in [2.75, 3.05) is 0 Å². The van der Waals surface area contributed by atoms with Crippen LogP contribution in [-0.4, -0.2) is 20.7 Å². The smallest absolute Gasteiger partial charge is 0.242 e.